The van der Waals surface area contributed by atoms with Crippen LogP contribution in [0.15, 0.2) is 60.7 Å². The number of fused-ring (bicyclic) bond motifs is 1. The Morgan fingerprint density at radius 2 is 1.83 bits per heavy atom. The number of hydrogen-bond acceptors (Lipinski definition) is 2. The molecule has 0 aromatic heterocycles. The highest BCUT2D eigenvalue weighted by Gasteiger charge is 2.08. The Bertz CT molecular complexity index is 850. The maximum atomic E-state index is 12.4. The molecule has 0 atom stereocenters. The molecule has 0 heterocycles. The maximum Gasteiger partial charge on any atom is 0.251 e. The number of methoxy groups -OCH3 is 1. The van der Waals surface area contributed by atoms with Crippen molar-refractivity contribution in [1.29, 1.82) is 0 Å². The van der Waals surface area contributed by atoms with Crippen LogP contribution in [0.4, 0.5) is 0 Å². The lowest BCUT2D eigenvalue weighted by atomic mass is 10.0. The quantitative estimate of drug-likeness (QED) is 0.788. The van der Waals surface area contributed by atoms with Gasteiger partial charge in [-0.1, -0.05) is 42.5 Å². The lowest BCUT2D eigenvalue weighted by Crippen LogP contribution is -2.23. The second-order valence-corrected chi connectivity index (χ2v) is 5.51. The van der Waals surface area contributed by atoms with Gasteiger partial charge >= 0.3 is 0 Å². The highest BCUT2D eigenvalue weighted by molar-refractivity contribution is 5.95. The van der Waals surface area contributed by atoms with Gasteiger partial charge in [-0.15, -0.1) is 0 Å². The standard InChI is InChI=1S/C20H19NO2/c1-14-12-16(10-11-19(14)23-2)20(22)21-13-17-8-5-7-15-6-3-4-9-18(15)17/h3-12H,13H2,1-2H3,(H,21,22). The van der Waals surface area contributed by atoms with Gasteiger partial charge in [0, 0.05) is 12.1 Å². The number of carbonyl (C=O) groups is 1. The van der Waals surface area contributed by atoms with Crippen LogP contribution in [0.1, 0.15) is 21.5 Å². The molecule has 0 spiro atoms. The van der Waals surface area contributed by atoms with E-state index in [-0.39, 0.29) is 5.91 Å². The van der Waals surface area contributed by atoms with Gasteiger partial charge < -0.3 is 10.1 Å². The van der Waals surface area contributed by atoms with Crippen LogP contribution >= 0.6 is 0 Å². The first-order valence-electron chi connectivity index (χ1n) is 7.58. The van der Waals surface area contributed by atoms with Crippen molar-refractivity contribution in [3.63, 3.8) is 0 Å². The Morgan fingerprint density at radius 3 is 2.61 bits per heavy atom. The molecule has 3 heteroatoms. The zero-order valence-corrected chi connectivity index (χ0v) is 13.3. The largest absolute Gasteiger partial charge is 0.496 e. The Hall–Kier alpha value is -2.81. The van der Waals surface area contributed by atoms with Gasteiger partial charge in [-0.3, -0.25) is 4.79 Å². The van der Waals surface area contributed by atoms with Crippen molar-refractivity contribution in [1.82, 2.24) is 5.32 Å². The minimum absolute atomic E-state index is 0.0799. The van der Waals surface area contributed by atoms with E-state index < -0.39 is 0 Å². The van der Waals surface area contributed by atoms with Crippen molar-refractivity contribution in [2.75, 3.05) is 7.11 Å². The molecule has 3 rings (SSSR count). The predicted octanol–water partition coefficient (Wildman–Crippen LogP) is 4.09. The Kier molecular flexibility index (Phi) is 4.29. The van der Waals surface area contributed by atoms with Crippen LogP contribution in [-0.4, -0.2) is 13.0 Å². The molecule has 1 N–H and O–H groups in total. The van der Waals surface area contributed by atoms with Crippen molar-refractivity contribution in [2.24, 2.45) is 0 Å². The van der Waals surface area contributed by atoms with Crippen molar-refractivity contribution < 1.29 is 9.53 Å². The third-order valence-corrected chi connectivity index (χ3v) is 3.98. The number of aryl methyl sites for hydroxylation is 1. The summed E-state index contributed by atoms with van der Waals surface area (Å²) in [6.45, 7) is 2.44. The molecule has 23 heavy (non-hydrogen) atoms. The van der Waals surface area contributed by atoms with Crippen LogP contribution in [0.2, 0.25) is 0 Å². The molecule has 0 bridgehead atoms. The number of nitrogens with one attached hydrogen (secondary N) is 1. The highest BCUT2D eigenvalue weighted by atomic mass is 16.5. The smallest absolute Gasteiger partial charge is 0.251 e. The van der Waals surface area contributed by atoms with E-state index in [1.54, 1.807) is 13.2 Å². The van der Waals surface area contributed by atoms with Gasteiger partial charge in [0.25, 0.3) is 5.91 Å². The number of hydrogen-bond donors (Lipinski definition) is 1. The molecule has 0 saturated carbocycles. The fourth-order valence-electron chi connectivity index (χ4n) is 2.74. The summed E-state index contributed by atoms with van der Waals surface area (Å²) in [5.41, 5.74) is 2.70. The number of carbonyl (C=O) groups excluding carboxylic acids is 1. The zero-order valence-electron chi connectivity index (χ0n) is 13.3. The normalized spacial score (nSPS) is 10.5. The molecule has 3 nitrogen and oxygen atoms in total. The van der Waals surface area contributed by atoms with Crippen LogP contribution in [0, 0.1) is 6.92 Å². The SMILES string of the molecule is COc1ccc(C(=O)NCc2cccc3ccccc23)cc1C. The first kappa shape index (κ1) is 15.1. The Morgan fingerprint density at radius 1 is 1.04 bits per heavy atom. The average Bonchev–Trinajstić information content (AvgIpc) is 2.59. The summed E-state index contributed by atoms with van der Waals surface area (Å²) in [6.07, 6.45) is 0. The fraction of sp³-hybridized carbons (Fsp3) is 0.150. The molecule has 0 radical (unpaired) electrons. The van der Waals surface area contributed by atoms with Crippen LogP contribution in [0.3, 0.4) is 0 Å². The van der Waals surface area contributed by atoms with E-state index >= 15 is 0 Å². The van der Waals surface area contributed by atoms with E-state index in [1.807, 2.05) is 43.3 Å². The third kappa shape index (κ3) is 3.19. The van der Waals surface area contributed by atoms with Crippen LogP contribution in [0.5, 0.6) is 5.75 Å². The number of ether oxygens (including phenoxy) is 1. The topological polar surface area (TPSA) is 38.3 Å². The van der Waals surface area contributed by atoms with Crippen LogP contribution < -0.4 is 10.1 Å². The average molecular weight is 305 g/mol. The third-order valence-electron chi connectivity index (χ3n) is 3.98. The molecular weight excluding hydrogens is 286 g/mol. The van der Waals surface area contributed by atoms with Crippen LogP contribution in [0.25, 0.3) is 10.8 Å². The predicted molar refractivity (Wildman–Crippen MR) is 92.8 cm³/mol. The fourth-order valence-corrected chi connectivity index (χ4v) is 2.74. The van der Waals surface area contributed by atoms with Crippen molar-refractivity contribution in [3.8, 4) is 5.75 Å². The summed E-state index contributed by atoms with van der Waals surface area (Å²) in [5, 5.41) is 5.34. The number of amides is 1. The number of benzene rings is 3. The summed E-state index contributed by atoms with van der Waals surface area (Å²) in [7, 11) is 1.63. The van der Waals surface area contributed by atoms with E-state index in [9.17, 15) is 4.79 Å². The second kappa shape index (κ2) is 6.53. The van der Waals surface area contributed by atoms with Gasteiger partial charge in [0.2, 0.25) is 0 Å². The zero-order chi connectivity index (χ0) is 16.2. The molecular formula is C20H19NO2. The minimum Gasteiger partial charge on any atom is -0.496 e. The van der Waals surface area contributed by atoms with Crippen molar-refractivity contribution in [3.05, 3.63) is 77.4 Å². The second-order valence-electron chi connectivity index (χ2n) is 5.51. The first-order chi connectivity index (χ1) is 11.2. The van der Waals surface area contributed by atoms with E-state index in [2.05, 4.69) is 23.5 Å². The lowest BCUT2D eigenvalue weighted by molar-refractivity contribution is 0.0951. The molecule has 3 aromatic rings. The lowest BCUT2D eigenvalue weighted by Gasteiger charge is -2.10. The molecule has 3 aromatic carbocycles. The Balaban J connectivity index is 1.77. The molecule has 1 amide bonds. The van der Waals surface area contributed by atoms with Gasteiger partial charge in [0.05, 0.1) is 7.11 Å². The van der Waals surface area contributed by atoms with E-state index in [4.69, 9.17) is 4.74 Å². The van der Waals surface area contributed by atoms with E-state index in [1.165, 1.54) is 10.8 Å². The van der Waals surface area contributed by atoms with Gasteiger partial charge in [-0.2, -0.15) is 0 Å². The molecule has 0 aliphatic heterocycles. The molecule has 0 unspecified atom stereocenters. The van der Waals surface area contributed by atoms with Crippen LogP contribution in [-0.2, 0) is 6.54 Å². The van der Waals surface area contributed by atoms with E-state index in [0.717, 1.165) is 16.9 Å². The van der Waals surface area contributed by atoms with Crippen molar-refractivity contribution in [2.45, 2.75) is 13.5 Å². The van der Waals surface area contributed by atoms with Gasteiger partial charge in [0.1, 0.15) is 5.75 Å². The van der Waals surface area contributed by atoms with Crippen molar-refractivity contribution >= 4 is 16.7 Å². The molecule has 0 saturated heterocycles. The van der Waals surface area contributed by atoms with Gasteiger partial charge in [-0.05, 0) is 47.0 Å². The molecule has 0 aliphatic carbocycles. The number of rotatable bonds is 4. The van der Waals surface area contributed by atoms with Gasteiger partial charge in [-0.25, -0.2) is 0 Å². The molecule has 0 fully saturated rings. The summed E-state index contributed by atoms with van der Waals surface area (Å²) < 4.78 is 5.23. The maximum absolute atomic E-state index is 12.4. The Labute approximate surface area is 135 Å². The summed E-state index contributed by atoms with van der Waals surface area (Å²) in [4.78, 5) is 12.4. The summed E-state index contributed by atoms with van der Waals surface area (Å²) in [6, 6.07) is 19.8. The molecule has 116 valence electrons. The molecule has 0 aliphatic rings. The summed E-state index contributed by atoms with van der Waals surface area (Å²) in [5.74, 6) is 0.708. The highest BCUT2D eigenvalue weighted by Crippen LogP contribution is 2.20. The van der Waals surface area contributed by atoms with Gasteiger partial charge in [0.15, 0.2) is 0 Å². The minimum atomic E-state index is -0.0799. The van der Waals surface area contributed by atoms with E-state index in [0.29, 0.717) is 12.1 Å². The monoisotopic (exact) mass is 305 g/mol. The summed E-state index contributed by atoms with van der Waals surface area (Å²) >= 11 is 0. The first-order valence-corrected chi connectivity index (χ1v) is 7.58.